The van der Waals surface area contributed by atoms with Crippen LogP contribution < -0.4 is 15.5 Å². The number of nitriles is 1. The lowest BCUT2D eigenvalue weighted by Gasteiger charge is -2.35. The Morgan fingerprint density at radius 1 is 1.00 bits per heavy atom. The van der Waals surface area contributed by atoms with Gasteiger partial charge in [0.05, 0.1) is 18.1 Å². The van der Waals surface area contributed by atoms with Crippen molar-refractivity contribution in [2.75, 3.05) is 48.8 Å². The smallest absolute Gasteiger partial charge is 0.368 e. The lowest BCUT2D eigenvalue weighted by atomic mass is 10.1. The first-order chi connectivity index (χ1) is 16.3. The van der Waals surface area contributed by atoms with Crippen LogP contribution in [-0.4, -0.2) is 48.1 Å². The first-order valence-electron chi connectivity index (χ1n) is 10.8. The van der Waals surface area contributed by atoms with Crippen LogP contribution in [0.3, 0.4) is 0 Å². The molecule has 184 valence electrons. The fourth-order valence-electron chi connectivity index (χ4n) is 3.78. The molecule has 0 radical (unpaired) electrons. The molecule has 11 heteroatoms. The topological polar surface area (TPSA) is 80.1 Å². The zero-order valence-electron chi connectivity index (χ0n) is 19.0. The first kappa shape index (κ1) is 26.1. The van der Waals surface area contributed by atoms with Gasteiger partial charge >= 0.3 is 6.18 Å². The number of hydrogen-bond donors (Lipinski definition) is 2. The third kappa shape index (κ3) is 6.74. The van der Waals surface area contributed by atoms with E-state index in [-0.39, 0.29) is 36.2 Å². The predicted molar refractivity (Wildman–Crippen MR) is 133 cm³/mol. The molecular weight excluding hydrogens is 479 g/mol. The second-order valence-electron chi connectivity index (χ2n) is 8.07. The summed E-state index contributed by atoms with van der Waals surface area (Å²) in [5.74, 6) is 0.635. The van der Waals surface area contributed by atoms with Gasteiger partial charge in [-0.25, -0.2) is 4.98 Å². The Labute approximate surface area is 208 Å². The van der Waals surface area contributed by atoms with Crippen molar-refractivity contribution < 1.29 is 13.2 Å². The van der Waals surface area contributed by atoms with Crippen LogP contribution in [0.15, 0.2) is 54.7 Å². The van der Waals surface area contributed by atoms with Crippen LogP contribution in [0, 0.1) is 11.3 Å². The SMILES string of the molecule is CN1CCN(c2ccc(Nc3nccc(Nc4cccc(CC#N)c4)n3)cc2C(F)(F)F)CC1.Cl. The van der Waals surface area contributed by atoms with Crippen molar-refractivity contribution in [1.29, 1.82) is 5.26 Å². The molecule has 0 bridgehead atoms. The van der Waals surface area contributed by atoms with Crippen molar-refractivity contribution in [1.82, 2.24) is 14.9 Å². The molecular formula is C24H25ClF3N7. The minimum atomic E-state index is -4.49. The Bertz CT molecular complexity index is 1190. The van der Waals surface area contributed by atoms with Gasteiger partial charge in [-0.05, 0) is 49.0 Å². The molecule has 3 aromatic rings. The molecule has 1 fully saturated rings. The van der Waals surface area contributed by atoms with Crippen LogP contribution in [0.5, 0.6) is 0 Å². The number of alkyl halides is 3. The van der Waals surface area contributed by atoms with Crippen molar-refractivity contribution in [2.45, 2.75) is 12.6 Å². The molecule has 7 nitrogen and oxygen atoms in total. The standard InChI is InChI=1S/C24H24F3N7.ClH/c1-33-11-13-34(14-12-33)21-6-5-19(16-20(21)24(25,26)27)31-23-29-10-8-22(32-23)30-18-4-2-3-17(15-18)7-9-28;/h2-6,8,10,15-16H,7,11-14H2,1H3,(H2,29,30,31,32);1H. The highest BCUT2D eigenvalue weighted by atomic mass is 35.5. The first-order valence-corrected chi connectivity index (χ1v) is 10.8. The largest absolute Gasteiger partial charge is 0.418 e. The maximum atomic E-state index is 13.9. The minimum absolute atomic E-state index is 0. The van der Waals surface area contributed by atoms with Gasteiger partial charge in [0.15, 0.2) is 0 Å². The number of aromatic nitrogens is 2. The van der Waals surface area contributed by atoms with E-state index in [2.05, 4.69) is 31.6 Å². The Balaban J connectivity index is 0.00000342. The number of rotatable bonds is 6. The number of nitrogens with zero attached hydrogens (tertiary/aromatic N) is 5. The maximum absolute atomic E-state index is 13.9. The zero-order valence-corrected chi connectivity index (χ0v) is 19.8. The van der Waals surface area contributed by atoms with Gasteiger partial charge in [0.25, 0.3) is 0 Å². The van der Waals surface area contributed by atoms with Crippen LogP contribution in [0.4, 0.5) is 42.0 Å². The van der Waals surface area contributed by atoms with Crippen molar-refractivity contribution in [3.05, 3.63) is 65.9 Å². The van der Waals surface area contributed by atoms with E-state index in [1.165, 1.54) is 12.3 Å². The second-order valence-corrected chi connectivity index (χ2v) is 8.07. The molecule has 0 unspecified atom stereocenters. The molecule has 4 rings (SSSR count). The average molecular weight is 504 g/mol. The van der Waals surface area contributed by atoms with Gasteiger partial charge in [0.1, 0.15) is 5.82 Å². The van der Waals surface area contributed by atoms with E-state index in [4.69, 9.17) is 5.26 Å². The van der Waals surface area contributed by atoms with Gasteiger partial charge in [0.2, 0.25) is 5.95 Å². The molecule has 2 aromatic carbocycles. The molecule has 1 aliphatic rings. The number of likely N-dealkylation sites (N-methyl/N-ethyl adjacent to an activating group) is 1. The summed E-state index contributed by atoms with van der Waals surface area (Å²) in [4.78, 5) is 12.4. The molecule has 0 atom stereocenters. The summed E-state index contributed by atoms with van der Waals surface area (Å²) >= 11 is 0. The maximum Gasteiger partial charge on any atom is 0.418 e. The van der Waals surface area contributed by atoms with Crippen molar-refractivity contribution in [2.24, 2.45) is 0 Å². The normalized spacial score (nSPS) is 14.1. The molecule has 2 N–H and O–H groups in total. The lowest BCUT2D eigenvalue weighted by molar-refractivity contribution is -0.137. The summed E-state index contributed by atoms with van der Waals surface area (Å²) in [5, 5.41) is 14.9. The molecule has 0 spiro atoms. The lowest BCUT2D eigenvalue weighted by Crippen LogP contribution is -2.45. The van der Waals surface area contributed by atoms with Gasteiger partial charge in [-0.1, -0.05) is 12.1 Å². The van der Waals surface area contributed by atoms with Gasteiger partial charge in [0, 0.05) is 49.4 Å². The highest BCUT2D eigenvalue weighted by Gasteiger charge is 2.35. The van der Waals surface area contributed by atoms with E-state index in [9.17, 15) is 13.2 Å². The molecule has 35 heavy (non-hydrogen) atoms. The van der Waals surface area contributed by atoms with Crippen LogP contribution in [0.2, 0.25) is 0 Å². The number of halogens is 4. The van der Waals surface area contributed by atoms with Crippen LogP contribution in [-0.2, 0) is 12.6 Å². The molecule has 1 aromatic heterocycles. The van der Waals surface area contributed by atoms with Gasteiger partial charge in [-0.3, -0.25) is 0 Å². The minimum Gasteiger partial charge on any atom is -0.368 e. The molecule has 1 aliphatic heterocycles. The number of benzene rings is 2. The van der Waals surface area contributed by atoms with Crippen LogP contribution in [0.25, 0.3) is 0 Å². The summed E-state index contributed by atoms with van der Waals surface area (Å²) in [5.41, 5.74) is 1.34. The Kier molecular flexibility index (Phi) is 8.38. The quantitative estimate of drug-likeness (QED) is 0.477. The molecule has 1 saturated heterocycles. The van der Waals surface area contributed by atoms with E-state index in [1.54, 1.807) is 17.0 Å². The van der Waals surface area contributed by atoms with E-state index >= 15 is 0 Å². The summed E-state index contributed by atoms with van der Waals surface area (Å²) in [6.07, 6.45) is -2.69. The van der Waals surface area contributed by atoms with E-state index in [1.807, 2.05) is 31.3 Å². The summed E-state index contributed by atoms with van der Waals surface area (Å²) in [7, 11) is 1.96. The molecule has 2 heterocycles. The van der Waals surface area contributed by atoms with Gasteiger partial charge < -0.3 is 20.4 Å². The molecule has 0 amide bonds. The Hall–Kier alpha value is -3.55. The van der Waals surface area contributed by atoms with Gasteiger partial charge in [-0.2, -0.15) is 23.4 Å². The zero-order chi connectivity index (χ0) is 24.1. The van der Waals surface area contributed by atoms with Crippen molar-refractivity contribution in [3.63, 3.8) is 0 Å². The number of anilines is 5. The van der Waals surface area contributed by atoms with Crippen molar-refractivity contribution in [3.8, 4) is 6.07 Å². The number of hydrogen-bond acceptors (Lipinski definition) is 7. The highest BCUT2D eigenvalue weighted by molar-refractivity contribution is 5.85. The molecule has 0 saturated carbocycles. The average Bonchev–Trinajstić information content (AvgIpc) is 2.80. The van der Waals surface area contributed by atoms with E-state index in [0.29, 0.717) is 32.0 Å². The molecule has 0 aliphatic carbocycles. The monoisotopic (exact) mass is 503 g/mol. The summed E-state index contributed by atoms with van der Waals surface area (Å²) in [6.45, 7) is 2.51. The van der Waals surface area contributed by atoms with Crippen LogP contribution in [0.1, 0.15) is 11.1 Å². The van der Waals surface area contributed by atoms with E-state index < -0.39 is 11.7 Å². The number of piperazine rings is 1. The fraction of sp³-hybridized carbons (Fsp3) is 0.292. The third-order valence-corrected chi connectivity index (χ3v) is 5.54. The summed E-state index contributed by atoms with van der Waals surface area (Å²) in [6, 6.07) is 15.3. The fourth-order valence-corrected chi connectivity index (χ4v) is 3.78. The Morgan fingerprint density at radius 3 is 2.46 bits per heavy atom. The van der Waals surface area contributed by atoms with E-state index in [0.717, 1.165) is 17.3 Å². The second kappa shape index (κ2) is 11.3. The summed E-state index contributed by atoms with van der Waals surface area (Å²) < 4.78 is 41.6. The Morgan fingerprint density at radius 2 is 1.74 bits per heavy atom. The van der Waals surface area contributed by atoms with Gasteiger partial charge in [-0.15, -0.1) is 12.4 Å². The third-order valence-electron chi connectivity index (χ3n) is 5.54. The van der Waals surface area contributed by atoms with Crippen molar-refractivity contribution >= 4 is 41.2 Å². The van der Waals surface area contributed by atoms with Crippen LogP contribution >= 0.6 is 12.4 Å². The predicted octanol–water partition coefficient (Wildman–Crippen LogP) is 5.22. The number of nitrogens with one attached hydrogen (secondary N) is 2. The highest BCUT2D eigenvalue weighted by Crippen LogP contribution is 2.39.